The van der Waals surface area contributed by atoms with Gasteiger partial charge < -0.3 is 10.4 Å². The number of hydrogen-bond donors (Lipinski definition) is 2. The molecule has 6 heteroatoms. The molecule has 1 aliphatic rings. The van der Waals surface area contributed by atoms with Gasteiger partial charge in [0.2, 0.25) is 0 Å². The number of aromatic carboxylic acids is 1. The molecule has 18 heavy (non-hydrogen) atoms. The number of carbonyl (C=O) groups is 1. The average molecular weight is 334 g/mol. The zero-order chi connectivity index (χ0) is 13.1. The molecule has 1 atom stereocenters. The van der Waals surface area contributed by atoms with Gasteiger partial charge in [0.05, 0.1) is 15.7 Å². The molecule has 0 aliphatic carbocycles. The van der Waals surface area contributed by atoms with E-state index in [0.717, 1.165) is 24.3 Å². The minimum atomic E-state index is -1.14. The van der Waals surface area contributed by atoms with Gasteiger partial charge in [-0.25, -0.2) is 9.18 Å². The molecule has 0 radical (unpaired) electrons. The lowest BCUT2D eigenvalue weighted by molar-refractivity contribution is 0.0695. The number of nitrogens with one attached hydrogen (secondary N) is 1. The molecule has 1 aliphatic heterocycles. The van der Waals surface area contributed by atoms with Crippen LogP contribution in [0, 0.1) is 5.82 Å². The summed E-state index contributed by atoms with van der Waals surface area (Å²) in [5.41, 5.74) is 0.301. The second kappa shape index (κ2) is 5.93. The van der Waals surface area contributed by atoms with Gasteiger partial charge >= 0.3 is 5.97 Å². The number of hydrogen-bond acceptors (Lipinski definition) is 3. The van der Waals surface area contributed by atoms with Gasteiger partial charge in [0.1, 0.15) is 0 Å². The fourth-order valence-corrected chi connectivity index (χ4v) is 3.49. The highest BCUT2D eigenvalue weighted by atomic mass is 79.9. The molecule has 2 N–H and O–H groups in total. The summed E-state index contributed by atoms with van der Waals surface area (Å²) >= 11 is 4.84. The molecule has 1 aromatic carbocycles. The predicted octanol–water partition coefficient (Wildman–Crippen LogP) is 3.59. The molecule has 1 unspecified atom stereocenters. The Balaban J connectivity index is 2.18. The Morgan fingerprint density at radius 1 is 1.56 bits per heavy atom. The number of thioether (sulfide) groups is 1. The third kappa shape index (κ3) is 2.98. The standard InChI is InChI=1S/C12H13BrFNO2S/c13-10-8(12(16)17)3-4-9(11(10)14)15-7-2-1-5-18-6-7/h3-4,7,15H,1-2,5-6H2,(H,16,17). The topological polar surface area (TPSA) is 49.3 Å². The Morgan fingerprint density at radius 3 is 2.94 bits per heavy atom. The molecule has 0 aromatic heterocycles. The minimum absolute atomic E-state index is 0.00321. The van der Waals surface area contributed by atoms with Gasteiger partial charge in [-0.15, -0.1) is 0 Å². The summed E-state index contributed by atoms with van der Waals surface area (Å²) < 4.78 is 14.0. The average Bonchev–Trinajstić information content (AvgIpc) is 2.36. The second-order valence-electron chi connectivity index (χ2n) is 4.15. The van der Waals surface area contributed by atoms with Crippen molar-refractivity contribution < 1.29 is 14.3 Å². The van der Waals surface area contributed by atoms with E-state index in [1.165, 1.54) is 12.1 Å². The number of anilines is 1. The maximum atomic E-state index is 14.0. The van der Waals surface area contributed by atoms with Crippen molar-refractivity contribution >= 4 is 39.3 Å². The van der Waals surface area contributed by atoms with E-state index in [1.54, 1.807) is 0 Å². The van der Waals surface area contributed by atoms with Gasteiger partial charge in [0.15, 0.2) is 5.82 Å². The monoisotopic (exact) mass is 333 g/mol. The highest BCUT2D eigenvalue weighted by Gasteiger charge is 2.19. The Labute approximate surface area is 117 Å². The van der Waals surface area contributed by atoms with Gasteiger partial charge in [-0.2, -0.15) is 11.8 Å². The van der Waals surface area contributed by atoms with Gasteiger partial charge in [0, 0.05) is 11.8 Å². The largest absolute Gasteiger partial charge is 0.478 e. The molecule has 0 spiro atoms. The number of rotatable bonds is 3. The third-order valence-electron chi connectivity index (χ3n) is 2.83. The normalized spacial score (nSPS) is 19.6. The van der Waals surface area contributed by atoms with Crippen molar-refractivity contribution in [3.05, 3.63) is 28.0 Å². The molecule has 0 saturated carbocycles. The van der Waals surface area contributed by atoms with E-state index in [9.17, 15) is 9.18 Å². The Hall–Kier alpha value is -0.750. The third-order valence-corrected chi connectivity index (χ3v) is 4.82. The van der Waals surface area contributed by atoms with E-state index in [-0.39, 0.29) is 16.1 Å². The van der Waals surface area contributed by atoms with E-state index >= 15 is 0 Å². The van der Waals surface area contributed by atoms with Crippen LogP contribution in [-0.4, -0.2) is 28.6 Å². The Bertz CT molecular complexity index is 464. The maximum Gasteiger partial charge on any atom is 0.336 e. The summed E-state index contributed by atoms with van der Waals surface area (Å²) in [7, 11) is 0. The van der Waals surface area contributed by atoms with E-state index in [2.05, 4.69) is 21.2 Å². The number of carboxylic acid groups (broad SMARTS) is 1. The molecular weight excluding hydrogens is 321 g/mol. The van der Waals surface area contributed by atoms with Gasteiger partial charge in [-0.1, -0.05) is 0 Å². The van der Waals surface area contributed by atoms with Crippen LogP contribution in [0.25, 0.3) is 0 Å². The lowest BCUT2D eigenvalue weighted by atomic mass is 10.1. The summed E-state index contributed by atoms with van der Waals surface area (Å²) in [5, 5.41) is 12.0. The van der Waals surface area contributed by atoms with Crippen LogP contribution in [0.2, 0.25) is 0 Å². The Morgan fingerprint density at radius 2 is 2.33 bits per heavy atom. The molecular formula is C12H13BrFNO2S. The number of benzene rings is 1. The molecule has 0 bridgehead atoms. The first-order chi connectivity index (χ1) is 8.59. The minimum Gasteiger partial charge on any atom is -0.478 e. The first kappa shape index (κ1) is 13.7. The molecule has 0 amide bonds. The smallest absolute Gasteiger partial charge is 0.336 e. The second-order valence-corrected chi connectivity index (χ2v) is 6.10. The lowest BCUT2D eigenvalue weighted by Gasteiger charge is -2.24. The van der Waals surface area contributed by atoms with E-state index < -0.39 is 11.8 Å². The zero-order valence-electron chi connectivity index (χ0n) is 9.58. The number of carboxylic acids is 1. The van der Waals surface area contributed by atoms with Crippen LogP contribution >= 0.6 is 27.7 Å². The van der Waals surface area contributed by atoms with Gasteiger partial charge in [0.25, 0.3) is 0 Å². The first-order valence-corrected chi connectivity index (χ1v) is 7.60. The van der Waals surface area contributed by atoms with E-state index in [0.29, 0.717) is 5.69 Å². The van der Waals surface area contributed by atoms with E-state index in [1.807, 2.05) is 11.8 Å². The predicted molar refractivity (Wildman–Crippen MR) is 75.0 cm³/mol. The van der Waals surface area contributed by atoms with Crippen LogP contribution in [0.5, 0.6) is 0 Å². The van der Waals surface area contributed by atoms with Crippen molar-refractivity contribution in [1.82, 2.24) is 0 Å². The Kier molecular flexibility index (Phi) is 4.50. The van der Waals surface area contributed by atoms with Crippen LogP contribution in [0.3, 0.4) is 0 Å². The van der Waals surface area contributed by atoms with Crippen LogP contribution in [0.4, 0.5) is 10.1 Å². The zero-order valence-corrected chi connectivity index (χ0v) is 12.0. The van der Waals surface area contributed by atoms with Crippen molar-refractivity contribution in [3.63, 3.8) is 0 Å². The number of halogens is 2. The van der Waals surface area contributed by atoms with Crippen molar-refractivity contribution in [2.75, 3.05) is 16.8 Å². The molecule has 1 saturated heterocycles. The summed E-state index contributed by atoms with van der Waals surface area (Å²) in [5.74, 6) is 0.436. The van der Waals surface area contributed by atoms with Gasteiger partial charge in [-0.05, 0) is 46.7 Å². The molecule has 1 heterocycles. The van der Waals surface area contributed by atoms with Crippen LogP contribution in [0.1, 0.15) is 23.2 Å². The van der Waals surface area contributed by atoms with Gasteiger partial charge in [-0.3, -0.25) is 0 Å². The highest BCUT2D eigenvalue weighted by Crippen LogP contribution is 2.29. The highest BCUT2D eigenvalue weighted by molar-refractivity contribution is 9.10. The first-order valence-electron chi connectivity index (χ1n) is 5.65. The fraction of sp³-hybridized carbons (Fsp3) is 0.417. The summed E-state index contributed by atoms with van der Waals surface area (Å²) in [4.78, 5) is 10.9. The van der Waals surface area contributed by atoms with Crippen molar-refractivity contribution in [2.45, 2.75) is 18.9 Å². The maximum absolute atomic E-state index is 14.0. The molecule has 1 fully saturated rings. The molecule has 1 aromatic rings. The van der Waals surface area contributed by atoms with Crippen LogP contribution in [-0.2, 0) is 0 Å². The summed E-state index contributed by atoms with van der Waals surface area (Å²) in [6.45, 7) is 0. The van der Waals surface area contributed by atoms with Crippen LogP contribution < -0.4 is 5.32 Å². The summed E-state index contributed by atoms with van der Waals surface area (Å²) in [6, 6.07) is 3.15. The van der Waals surface area contributed by atoms with Crippen molar-refractivity contribution in [1.29, 1.82) is 0 Å². The molecule has 2 rings (SSSR count). The molecule has 98 valence electrons. The SMILES string of the molecule is O=C(O)c1ccc(NC2CCCSC2)c(F)c1Br. The fourth-order valence-electron chi connectivity index (χ4n) is 1.90. The quantitative estimate of drug-likeness (QED) is 0.887. The van der Waals surface area contributed by atoms with E-state index in [4.69, 9.17) is 5.11 Å². The summed E-state index contributed by atoms with van der Waals surface area (Å²) in [6.07, 6.45) is 2.14. The van der Waals surface area contributed by atoms with Crippen molar-refractivity contribution in [3.8, 4) is 0 Å². The lowest BCUT2D eigenvalue weighted by Crippen LogP contribution is -2.26. The van der Waals surface area contributed by atoms with Crippen LogP contribution in [0.15, 0.2) is 16.6 Å². The molecule has 3 nitrogen and oxygen atoms in total. The van der Waals surface area contributed by atoms with Crippen molar-refractivity contribution in [2.24, 2.45) is 0 Å².